The van der Waals surface area contributed by atoms with Gasteiger partial charge in [0.15, 0.2) is 0 Å². The van der Waals surface area contributed by atoms with Crippen LogP contribution in [0, 0.1) is 0 Å². The Bertz CT molecular complexity index is 836. The van der Waals surface area contributed by atoms with Crippen molar-refractivity contribution in [3.8, 4) is 11.1 Å². The minimum Gasteiger partial charge on any atom is -0.339 e. The van der Waals surface area contributed by atoms with Crippen LogP contribution in [0.4, 0.5) is 0 Å². The standard InChI is InChI=1S/C17H18N2O3S.2ClH/c18-23(21,22)15-10-6-9-14(13-7-2-1-3-8-13)16(15)17(20)19-11-4-5-12-19;;/h1-3,6-10H,4-5,11-12H2,(H2,18,21,22);2*1H. The molecule has 3 rings (SSSR count). The lowest BCUT2D eigenvalue weighted by atomic mass is 9.99. The predicted molar refractivity (Wildman–Crippen MR) is 103 cm³/mol. The number of amides is 1. The van der Waals surface area contributed by atoms with E-state index in [0.717, 1.165) is 18.4 Å². The van der Waals surface area contributed by atoms with Crippen molar-refractivity contribution in [3.63, 3.8) is 0 Å². The van der Waals surface area contributed by atoms with Gasteiger partial charge in [0.05, 0.1) is 10.5 Å². The van der Waals surface area contributed by atoms with Gasteiger partial charge in [-0.3, -0.25) is 4.79 Å². The van der Waals surface area contributed by atoms with Crippen molar-refractivity contribution in [1.29, 1.82) is 0 Å². The molecule has 1 saturated heterocycles. The molecular formula is C17H20Cl2N2O3S. The van der Waals surface area contributed by atoms with E-state index < -0.39 is 10.0 Å². The number of rotatable bonds is 3. The molecule has 0 radical (unpaired) electrons. The number of primary sulfonamides is 1. The largest absolute Gasteiger partial charge is 0.339 e. The van der Waals surface area contributed by atoms with Crippen molar-refractivity contribution in [2.45, 2.75) is 17.7 Å². The maximum Gasteiger partial charge on any atom is 0.255 e. The number of sulfonamides is 1. The van der Waals surface area contributed by atoms with Crippen LogP contribution in [-0.2, 0) is 10.0 Å². The second-order valence-corrected chi connectivity index (χ2v) is 7.12. The maximum atomic E-state index is 12.9. The molecule has 0 saturated carbocycles. The smallest absolute Gasteiger partial charge is 0.255 e. The molecule has 136 valence electrons. The van der Waals surface area contributed by atoms with Crippen LogP contribution in [0.5, 0.6) is 0 Å². The summed E-state index contributed by atoms with van der Waals surface area (Å²) in [5.41, 5.74) is 1.55. The van der Waals surface area contributed by atoms with Crippen LogP contribution in [0.25, 0.3) is 11.1 Å². The monoisotopic (exact) mass is 402 g/mol. The lowest BCUT2D eigenvalue weighted by Crippen LogP contribution is -2.30. The Kier molecular flexibility index (Phi) is 7.44. The maximum absolute atomic E-state index is 12.9. The number of hydrogen-bond donors (Lipinski definition) is 1. The Morgan fingerprint density at radius 3 is 2.08 bits per heavy atom. The highest BCUT2D eigenvalue weighted by atomic mass is 35.5. The van der Waals surface area contributed by atoms with Crippen LogP contribution in [0.3, 0.4) is 0 Å². The van der Waals surface area contributed by atoms with Crippen LogP contribution >= 0.6 is 24.8 Å². The molecule has 1 amide bonds. The summed E-state index contributed by atoms with van der Waals surface area (Å²) in [4.78, 5) is 14.5. The molecule has 1 fully saturated rings. The Morgan fingerprint density at radius 1 is 0.920 bits per heavy atom. The number of halogens is 2. The summed E-state index contributed by atoms with van der Waals surface area (Å²) in [5.74, 6) is -0.272. The van der Waals surface area contributed by atoms with Gasteiger partial charge in [0.2, 0.25) is 10.0 Å². The van der Waals surface area contributed by atoms with Crippen LogP contribution in [-0.4, -0.2) is 32.3 Å². The first-order valence-corrected chi connectivity index (χ1v) is 9.03. The number of nitrogens with two attached hydrogens (primary N) is 1. The molecule has 2 N–H and O–H groups in total. The zero-order chi connectivity index (χ0) is 16.4. The molecule has 0 bridgehead atoms. The number of benzene rings is 2. The van der Waals surface area contributed by atoms with Crippen LogP contribution in [0.1, 0.15) is 23.2 Å². The molecule has 0 unspecified atom stereocenters. The van der Waals surface area contributed by atoms with Gasteiger partial charge in [0, 0.05) is 13.1 Å². The Morgan fingerprint density at radius 2 is 1.52 bits per heavy atom. The van der Waals surface area contributed by atoms with Gasteiger partial charge in [0.1, 0.15) is 0 Å². The fourth-order valence-electron chi connectivity index (χ4n) is 2.93. The number of carbonyl (C=O) groups is 1. The van der Waals surface area contributed by atoms with Crippen molar-refractivity contribution < 1.29 is 13.2 Å². The van der Waals surface area contributed by atoms with E-state index >= 15 is 0 Å². The van der Waals surface area contributed by atoms with E-state index in [0.29, 0.717) is 18.7 Å². The molecule has 1 aliphatic rings. The first kappa shape index (κ1) is 21.4. The SMILES string of the molecule is Cl.Cl.NS(=O)(=O)c1cccc(-c2ccccc2)c1C(=O)N1CCCC1. The van der Waals surface area contributed by atoms with Gasteiger partial charge in [-0.25, -0.2) is 13.6 Å². The third kappa shape index (κ3) is 4.52. The summed E-state index contributed by atoms with van der Waals surface area (Å²) in [6, 6.07) is 14.0. The van der Waals surface area contributed by atoms with Gasteiger partial charge in [-0.2, -0.15) is 0 Å². The fourth-order valence-corrected chi connectivity index (χ4v) is 3.68. The second kappa shape index (κ2) is 8.67. The molecule has 1 aliphatic heterocycles. The number of nitrogens with zero attached hydrogens (tertiary/aromatic N) is 1. The molecule has 2 aromatic rings. The number of carbonyl (C=O) groups excluding carboxylic acids is 1. The van der Waals surface area contributed by atoms with Crippen molar-refractivity contribution in [2.75, 3.05) is 13.1 Å². The fraction of sp³-hybridized carbons (Fsp3) is 0.235. The van der Waals surface area contributed by atoms with E-state index in [4.69, 9.17) is 5.14 Å². The highest BCUT2D eigenvalue weighted by Gasteiger charge is 2.28. The van der Waals surface area contributed by atoms with Crippen LogP contribution in [0.2, 0.25) is 0 Å². The van der Waals surface area contributed by atoms with Crippen LogP contribution in [0.15, 0.2) is 53.4 Å². The minimum absolute atomic E-state index is 0. The zero-order valence-electron chi connectivity index (χ0n) is 13.4. The van der Waals surface area contributed by atoms with E-state index in [9.17, 15) is 13.2 Å². The topological polar surface area (TPSA) is 80.5 Å². The summed E-state index contributed by atoms with van der Waals surface area (Å²) < 4.78 is 23.9. The summed E-state index contributed by atoms with van der Waals surface area (Å²) >= 11 is 0. The molecule has 1 heterocycles. The first-order valence-electron chi connectivity index (χ1n) is 7.49. The second-order valence-electron chi connectivity index (χ2n) is 5.59. The quantitative estimate of drug-likeness (QED) is 0.855. The average Bonchev–Trinajstić information content (AvgIpc) is 3.08. The van der Waals surface area contributed by atoms with E-state index in [2.05, 4.69) is 0 Å². The minimum atomic E-state index is -3.99. The van der Waals surface area contributed by atoms with Crippen LogP contribution < -0.4 is 5.14 Å². The van der Waals surface area contributed by atoms with Gasteiger partial charge >= 0.3 is 0 Å². The van der Waals surface area contributed by atoms with Crippen molar-refractivity contribution in [2.24, 2.45) is 5.14 Å². The van der Waals surface area contributed by atoms with Crippen molar-refractivity contribution >= 4 is 40.7 Å². The zero-order valence-corrected chi connectivity index (χ0v) is 15.9. The van der Waals surface area contributed by atoms with E-state index in [1.807, 2.05) is 30.3 Å². The lowest BCUT2D eigenvalue weighted by Gasteiger charge is -2.20. The third-order valence-electron chi connectivity index (χ3n) is 4.02. The van der Waals surface area contributed by atoms with Gasteiger partial charge in [-0.1, -0.05) is 42.5 Å². The van der Waals surface area contributed by atoms with Gasteiger partial charge in [-0.15, -0.1) is 24.8 Å². The Labute approximate surface area is 160 Å². The Balaban J connectivity index is 0.00000156. The molecule has 2 aromatic carbocycles. The Hall–Kier alpha value is -1.60. The molecule has 0 aliphatic carbocycles. The normalized spacial score (nSPS) is 13.7. The summed E-state index contributed by atoms with van der Waals surface area (Å²) in [5, 5.41) is 5.34. The molecule has 5 nitrogen and oxygen atoms in total. The molecule has 0 atom stereocenters. The van der Waals surface area contributed by atoms with Gasteiger partial charge in [-0.05, 0) is 30.0 Å². The van der Waals surface area contributed by atoms with Gasteiger partial charge < -0.3 is 4.90 Å². The van der Waals surface area contributed by atoms with E-state index in [-0.39, 0.29) is 41.2 Å². The lowest BCUT2D eigenvalue weighted by molar-refractivity contribution is 0.0790. The van der Waals surface area contributed by atoms with Crippen molar-refractivity contribution in [1.82, 2.24) is 4.90 Å². The summed E-state index contributed by atoms with van der Waals surface area (Å²) in [6.45, 7) is 1.29. The predicted octanol–water partition coefficient (Wildman–Crippen LogP) is 3.08. The summed E-state index contributed by atoms with van der Waals surface area (Å²) in [6.07, 6.45) is 1.87. The third-order valence-corrected chi connectivity index (χ3v) is 4.98. The van der Waals surface area contributed by atoms with Gasteiger partial charge in [0.25, 0.3) is 5.91 Å². The molecule has 8 heteroatoms. The van der Waals surface area contributed by atoms with Crippen molar-refractivity contribution in [3.05, 3.63) is 54.1 Å². The highest BCUT2D eigenvalue weighted by Crippen LogP contribution is 2.30. The first-order chi connectivity index (χ1) is 11.0. The number of likely N-dealkylation sites (tertiary alicyclic amines) is 1. The van der Waals surface area contributed by atoms with E-state index in [1.54, 1.807) is 17.0 Å². The van der Waals surface area contributed by atoms with E-state index in [1.165, 1.54) is 6.07 Å². The number of hydrogen-bond acceptors (Lipinski definition) is 3. The molecule has 0 spiro atoms. The average molecular weight is 403 g/mol. The highest BCUT2D eigenvalue weighted by molar-refractivity contribution is 7.89. The molecular weight excluding hydrogens is 383 g/mol. The molecule has 25 heavy (non-hydrogen) atoms. The summed E-state index contributed by atoms with van der Waals surface area (Å²) in [7, 11) is -3.99. The molecule has 0 aromatic heterocycles.